The van der Waals surface area contributed by atoms with E-state index in [1.165, 1.54) is 21.6 Å². The first kappa shape index (κ1) is 18.0. The van der Waals surface area contributed by atoms with Crippen LogP contribution in [0.15, 0.2) is 78.9 Å². The molecule has 5 rings (SSSR count). The third-order valence-corrected chi connectivity index (χ3v) is 6.16. The van der Waals surface area contributed by atoms with Crippen LogP contribution in [-0.4, -0.2) is 11.6 Å². The van der Waals surface area contributed by atoms with E-state index < -0.39 is 0 Å². The molecule has 144 valence electrons. The molecule has 4 aromatic rings. The molecule has 1 aromatic heterocycles. The molecule has 0 unspecified atom stereocenters. The molecule has 0 atom stereocenters. The van der Waals surface area contributed by atoms with Crippen molar-refractivity contribution < 1.29 is 4.74 Å². The fraction of sp³-hybridized carbons (Fsp3) is 0.160. The van der Waals surface area contributed by atoms with E-state index in [0.29, 0.717) is 0 Å². The minimum absolute atomic E-state index is 0.764. The summed E-state index contributed by atoms with van der Waals surface area (Å²) in [4.78, 5) is 6.23. The van der Waals surface area contributed by atoms with Gasteiger partial charge in [-0.25, -0.2) is 4.98 Å². The Morgan fingerprint density at radius 1 is 0.897 bits per heavy atom. The first-order valence-electron chi connectivity index (χ1n) is 9.93. The van der Waals surface area contributed by atoms with Crippen molar-refractivity contribution in [2.45, 2.75) is 19.4 Å². The van der Waals surface area contributed by atoms with Crippen LogP contribution in [0.25, 0.3) is 11.3 Å². The molecule has 0 bridgehead atoms. The Morgan fingerprint density at radius 3 is 2.52 bits per heavy atom. The minimum atomic E-state index is 0.764. The third-order valence-electron chi connectivity index (χ3n) is 5.15. The molecule has 1 aliphatic rings. The standard InChI is InChI=1S/C25H22N2OS/c1-3-7-18(8-4-1)16-23-24(20-9-5-2-6-10-20)27-25(29-23)26-17-19-11-12-22-21(15-19)13-14-28-22/h1-12,15H,13-14,16-17H2,(H,26,27). The number of nitrogens with zero attached hydrogens (tertiary/aromatic N) is 1. The monoisotopic (exact) mass is 398 g/mol. The fourth-order valence-corrected chi connectivity index (χ4v) is 4.69. The van der Waals surface area contributed by atoms with Crippen LogP contribution in [0, 0.1) is 0 Å². The summed E-state index contributed by atoms with van der Waals surface area (Å²) in [5, 5.41) is 4.50. The van der Waals surface area contributed by atoms with Crippen LogP contribution in [0.3, 0.4) is 0 Å². The van der Waals surface area contributed by atoms with E-state index in [-0.39, 0.29) is 0 Å². The van der Waals surface area contributed by atoms with E-state index in [1.54, 1.807) is 11.3 Å². The van der Waals surface area contributed by atoms with Gasteiger partial charge in [-0.05, 0) is 22.8 Å². The van der Waals surface area contributed by atoms with Crippen LogP contribution < -0.4 is 10.1 Å². The molecule has 0 spiro atoms. The Kier molecular flexibility index (Phi) is 5.01. The third kappa shape index (κ3) is 4.03. The molecule has 1 aliphatic heterocycles. The van der Waals surface area contributed by atoms with Gasteiger partial charge in [-0.3, -0.25) is 0 Å². The van der Waals surface area contributed by atoms with E-state index in [4.69, 9.17) is 9.72 Å². The first-order chi connectivity index (χ1) is 14.3. The average Bonchev–Trinajstić information content (AvgIpc) is 3.40. The van der Waals surface area contributed by atoms with Gasteiger partial charge in [0.25, 0.3) is 0 Å². The summed E-state index contributed by atoms with van der Waals surface area (Å²) in [7, 11) is 0. The normalized spacial score (nSPS) is 12.4. The summed E-state index contributed by atoms with van der Waals surface area (Å²) < 4.78 is 5.61. The highest BCUT2D eigenvalue weighted by Gasteiger charge is 2.15. The number of ether oxygens (including phenoxy) is 1. The summed E-state index contributed by atoms with van der Waals surface area (Å²) in [6.07, 6.45) is 1.89. The lowest BCUT2D eigenvalue weighted by molar-refractivity contribution is 0.357. The average molecular weight is 399 g/mol. The van der Waals surface area contributed by atoms with Gasteiger partial charge in [0.1, 0.15) is 5.75 Å². The lowest BCUT2D eigenvalue weighted by atomic mass is 10.1. The zero-order chi connectivity index (χ0) is 19.5. The molecule has 29 heavy (non-hydrogen) atoms. The molecular weight excluding hydrogens is 376 g/mol. The quantitative estimate of drug-likeness (QED) is 0.436. The molecule has 0 aliphatic carbocycles. The van der Waals surface area contributed by atoms with Gasteiger partial charge in [-0.15, -0.1) is 11.3 Å². The van der Waals surface area contributed by atoms with Crippen LogP contribution in [0.2, 0.25) is 0 Å². The highest BCUT2D eigenvalue weighted by molar-refractivity contribution is 7.16. The maximum atomic E-state index is 5.61. The van der Waals surface area contributed by atoms with Crippen LogP contribution in [0.1, 0.15) is 21.6 Å². The van der Waals surface area contributed by atoms with Crippen molar-refractivity contribution in [3.8, 4) is 17.0 Å². The van der Waals surface area contributed by atoms with Crippen molar-refractivity contribution >= 4 is 16.5 Å². The zero-order valence-corrected chi connectivity index (χ0v) is 16.9. The predicted octanol–water partition coefficient (Wildman–Crippen LogP) is 5.95. The van der Waals surface area contributed by atoms with Gasteiger partial charge >= 0.3 is 0 Å². The number of aromatic nitrogens is 1. The first-order valence-corrected chi connectivity index (χ1v) is 10.7. The van der Waals surface area contributed by atoms with Crippen molar-refractivity contribution in [3.05, 3.63) is 100 Å². The Balaban J connectivity index is 1.40. The van der Waals surface area contributed by atoms with Crippen molar-refractivity contribution in [2.75, 3.05) is 11.9 Å². The van der Waals surface area contributed by atoms with E-state index in [9.17, 15) is 0 Å². The molecular formula is C25H22N2OS. The summed E-state index contributed by atoms with van der Waals surface area (Å²) >= 11 is 1.75. The molecule has 2 heterocycles. The molecule has 1 N–H and O–H groups in total. The number of hydrogen-bond acceptors (Lipinski definition) is 4. The lowest BCUT2D eigenvalue weighted by Crippen LogP contribution is -1.99. The molecule has 0 radical (unpaired) electrons. The van der Waals surface area contributed by atoms with Crippen molar-refractivity contribution in [2.24, 2.45) is 0 Å². The number of nitrogens with one attached hydrogen (secondary N) is 1. The number of benzene rings is 3. The van der Waals surface area contributed by atoms with Crippen LogP contribution in [-0.2, 0) is 19.4 Å². The van der Waals surface area contributed by atoms with Gasteiger partial charge in [-0.2, -0.15) is 0 Å². The number of anilines is 1. The molecule has 0 saturated carbocycles. The van der Waals surface area contributed by atoms with Gasteiger partial charge in [0.2, 0.25) is 0 Å². The van der Waals surface area contributed by atoms with Gasteiger partial charge in [0.05, 0.1) is 12.3 Å². The zero-order valence-electron chi connectivity index (χ0n) is 16.1. The van der Waals surface area contributed by atoms with Crippen molar-refractivity contribution in [1.29, 1.82) is 0 Å². The van der Waals surface area contributed by atoms with Gasteiger partial charge in [0, 0.05) is 29.8 Å². The summed E-state index contributed by atoms with van der Waals surface area (Å²) in [6, 6.07) is 27.5. The van der Waals surface area contributed by atoms with E-state index in [0.717, 1.165) is 48.1 Å². The lowest BCUT2D eigenvalue weighted by Gasteiger charge is -2.05. The Hall–Kier alpha value is -3.11. The number of thiazole rings is 1. The Labute approximate surface area is 175 Å². The summed E-state index contributed by atoms with van der Waals surface area (Å²) in [5.74, 6) is 1.03. The smallest absolute Gasteiger partial charge is 0.183 e. The Morgan fingerprint density at radius 2 is 1.69 bits per heavy atom. The highest BCUT2D eigenvalue weighted by Crippen LogP contribution is 2.33. The Bertz CT molecular complexity index is 1110. The van der Waals surface area contributed by atoms with Crippen LogP contribution >= 0.6 is 11.3 Å². The molecule has 4 heteroatoms. The van der Waals surface area contributed by atoms with Crippen LogP contribution in [0.5, 0.6) is 5.75 Å². The van der Waals surface area contributed by atoms with E-state index in [1.807, 2.05) is 6.07 Å². The maximum absolute atomic E-state index is 5.61. The summed E-state index contributed by atoms with van der Waals surface area (Å²) in [5.41, 5.74) is 6.11. The van der Waals surface area contributed by atoms with Crippen LogP contribution in [0.4, 0.5) is 5.13 Å². The maximum Gasteiger partial charge on any atom is 0.183 e. The number of hydrogen-bond donors (Lipinski definition) is 1. The largest absolute Gasteiger partial charge is 0.493 e. The fourth-order valence-electron chi connectivity index (χ4n) is 3.68. The van der Waals surface area contributed by atoms with Gasteiger partial charge < -0.3 is 10.1 Å². The second-order valence-corrected chi connectivity index (χ2v) is 8.30. The molecule has 3 nitrogen and oxygen atoms in total. The van der Waals surface area contributed by atoms with Crippen molar-refractivity contribution in [3.63, 3.8) is 0 Å². The SMILES string of the molecule is c1ccc(Cc2sc(NCc3ccc4c(c3)CCO4)nc2-c2ccccc2)cc1. The highest BCUT2D eigenvalue weighted by atomic mass is 32.1. The molecule has 3 aromatic carbocycles. The van der Waals surface area contributed by atoms with Gasteiger partial charge in [0.15, 0.2) is 5.13 Å². The van der Waals surface area contributed by atoms with E-state index >= 15 is 0 Å². The molecule has 0 amide bonds. The molecule has 0 fully saturated rings. The second-order valence-electron chi connectivity index (χ2n) is 7.21. The number of rotatable bonds is 6. The van der Waals surface area contributed by atoms with E-state index in [2.05, 4.69) is 78.1 Å². The summed E-state index contributed by atoms with van der Waals surface area (Å²) in [6.45, 7) is 1.56. The van der Waals surface area contributed by atoms with Gasteiger partial charge in [-0.1, -0.05) is 72.8 Å². The molecule has 0 saturated heterocycles. The minimum Gasteiger partial charge on any atom is -0.493 e. The predicted molar refractivity (Wildman–Crippen MR) is 120 cm³/mol. The number of fused-ring (bicyclic) bond motifs is 1. The van der Waals surface area contributed by atoms with Crippen molar-refractivity contribution in [1.82, 2.24) is 4.98 Å². The topological polar surface area (TPSA) is 34.1 Å². The second kappa shape index (κ2) is 8.10.